The Labute approximate surface area is 136 Å². The summed E-state index contributed by atoms with van der Waals surface area (Å²) in [6, 6.07) is 8.62. The predicted octanol–water partition coefficient (Wildman–Crippen LogP) is 3.06. The number of rotatable bonds is 3. The SMILES string of the molecule is CC1NC(N2CCC(C)(CN)C2)SC1c1ccccc1Cl. The number of benzene rings is 1. The lowest BCUT2D eigenvalue weighted by atomic mass is 9.90. The molecule has 3 nitrogen and oxygen atoms in total. The number of halogens is 1. The maximum atomic E-state index is 6.37. The van der Waals surface area contributed by atoms with Gasteiger partial charge in [0.05, 0.1) is 0 Å². The van der Waals surface area contributed by atoms with Gasteiger partial charge in [0.2, 0.25) is 0 Å². The van der Waals surface area contributed by atoms with Crippen LogP contribution in [-0.2, 0) is 0 Å². The third kappa shape index (κ3) is 3.10. The first-order chi connectivity index (χ1) is 10.0. The summed E-state index contributed by atoms with van der Waals surface area (Å²) in [5.41, 5.74) is 7.81. The van der Waals surface area contributed by atoms with Crippen LogP contribution in [0.2, 0.25) is 5.02 Å². The topological polar surface area (TPSA) is 41.3 Å². The third-order valence-corrected chi connectivity index (χ3v) is 6.75. The first kappa shape index (κ1) is 15.6. The van der Waals surface area contributed by atoms with Gasteiger partial charge in [-0.1, -0.05) is 36.7 Å². The number of likely N-dealkylation sites (tertiary alicyclic amines) is 1. The number of nitrogens with one attached hydrogen (secondary N) is 1. The summed E-state index contributed by atoms with van der Waals surface area (Å²) in [4.78, 5) is 2.53. The van der Waals surface area contributed by atoms with Crippen LogP contribution >= 0.6 is 23.4 Å². The second-order valence-electron chi connectivity index (χ2n) is 6.62. The van der Waals surface area contributed by atoms with E-state index in [4.69, 9.17) is 17.3 Å². The summed E-state index contributed by atoms with van der Waals surface area (Å²) in [5.74, 6) is 0. The largest absolute Gasteiger partial charge is 0.330 e. The average molecular weight is 326 g/mol. The lowest BCUT2D eigenvalue weighted by Gasteiger charge is -2.26. The van der Waals surface area contributed by atoms with E-state index in [0.717, 1.165) is 24.7 Å². The van der Waals surface area contributed by atoms with Crippen LogP contribution in [0.5, 0.6) is 0 Å². The molecule has 2 aliphatic heterocycles. The highest BCUT2D eigenvalue weighted by Gasteiger charge is 2.41. The first-order valence-corrected chi connectivity index (χ1v) is 8.94. The standard InChI is InChI=1S/C16H24ClN3S/c1-11-14(12-5-3-4-6-13(12)17)21-15(19-11)20-8-7-16(2,9-18)10-20/h3-6,11,14-15,19H,7-10,18H2,1-2H3. The molecule has 5 heteroatoms. The quantitative estimate of drug-likeness (QED) is 0.896. The first-order valence-electron chi connectivity index (χ1n) is 7.62. The molecule has 3 rings (SSSR count). The second kappa shape index (κ2) is 6.09. The molecule has 4 unspecified atom stereocenters. The fraction of sp³-hybridized carbons (Fsp3) is 0.625. The van der Waals surface area contributed by atoms with Gasteiger partial charge in [0, 0.05) is 29.4 Å². The van der Waals surface area contributed by atoms with Crippen molar-refractivity contribution in [2.45, 2.75) is 37.1 Å². The molecule has 3 N–H and O–H groups in total. The molecule has 1 aromatic rings. The fourth-order valence-electron chi connectivity index (χ4n) is 3.28. The molecule has 4 atom stereocenters. The van der Waals surface area contributed by atoms with Crippen molar-refractivity contribution in [3.8, 4) is 0 Å². The Morgan fingerprint density at radius 2 is 2.24 bits per heavy atom. The third-order valence-electron chi connectivity index (χ3n) is 4.76. The van der Waals surface area contributed by atoms with Gasteiger partial charge >= 0.3 is 0 Å². The molecule has 0 spiro atoms. The Kier molecular flexibility index (Phi) is 4.53. The van der Waals surface area contributed by atoms with E-state index in [0.29, 0.717) is 16.8 Å². The predicted molar refractivity (Wildman–Crippen MR) is 91.5 cm³/mol. The zero-order valence-corrected chi connectivity index (χ0v) is 14.3. The summed E-state index contributed by atoms with van der Waals surface area (Å²) in [6.45, 7) is 7.52. The molecule has 2 aliphatic rings. The van der Waals surface area contributed by atoms with E-state index in [2.05, 4.69) is 36.2 Å². The molecule has 116 valence electrons. The molecule has 1 aromatic carbocycles. The van der Waals surface area contributed by atoms with Gasteiger partial charge in [-0.15, -0.1) is 11.8 Å². The molecule has 0 aromatic heterocycles. The molecule has 0 bridgehead atoms. The Hall–Kier alpha value is -0.260. The number of nitrogens with zero attached hydrogens (tertiary/aromatic N) is 1. The van der Waals surface area contributed by atoms with Crippen molar-refractivity contribution >= 4 is 23.4 Å². The normalized spacial score (nSPS) is 37.2. The van der Waals surface area contributed by atoms with Crippen LogP contribution in [0.15, 0.2) is 24.3 Å². The van der Waals surface area contributed by atoms with Gasteiger partial charge in [-0.25, -0.2) is 0 Å². The Morgan fingerprint density at radius 1 is 1.48 bits per heavy atom. The van der Waals surface area contributed by atoms with Gasteiger partial charge in [0.15, 0.2) is 0 Å². The zero-order valence-electron chi connectivity index (χ0n) is 12.7. The van der Waals surface area contributed by atoms with Crippen LogP contribution in [-0.4, -0.2) is 36.1 Å². The minimum absolute atomic E-state index is 0.272. The molecular weight excluding hydrogens is 302 g/mol. The fourth-order valence-corrected chi connectivity index (χ4v) is 5.18. The molecule has 2 heterocycles. The van der Waals surface area contributed by atoms with Gasteiger partial charge in [-0.2, -0.15) is 0 Å². The van der Waals surface area contributed by atoms with E-state index >= 15 is 0 Å². The van der Waals surface area contributed by atoms with Crippen molar-refractivity contribution in [2.75, 3.05) is 19.6 Å². The minimum atomic E-state index is 0.272. The van der Waals surface area contributed by atoms with E-state index in [9.17, 15) is 0 Å². The van der Waals surface area contributed by atoms with Gasteiger partial charge in [0.25, 0.3) is 0 Å². The van der Waals surface area contributed by atoms with E-state index in [1.165, 1.54) is 12.0 Å². The lowest BCUT2D eigenvalue weighted by Crippen LogP contribution is -2.42. The summed E-state index contributed by atoms with van der Waals surface area (Å²) in [7, 11) is 0. The number of thioether (sulfide) groups is 1. The van der Waals surface area contributed by atoms with Gasteiger partial charge < -0.3 is 5.73 Å². The van der Waals surface area contributed by atoms with Crippen molar-refractivity contribution in [3.63, 3.8) is 0 Å². The van der Waals surface area contributed by atoms with Crippen LogP contribution < -0.4 is 11.1 Å². The van der Waals surface area contributed by atoms with Crippen molar-refractivity contribution < 1.29 is 0 Å². The summed E-state index contributed by atoms with van der Waals surface area (Å²) in [6.07, 6.45) is 1.19. The number of nitrogens with two attached hydrogens (primary N) is 1. The highest BCUT2D eigenvalue weighted by Crippen LogP contribution is 2.45. The maximum Gasteiger partial charge on any atom is 0.109 e. The Morgan fingerprint density at radius 3 is 2.90 bits per heavy atom. The summed E-state index contributed by atoms with van der Waals surface area (Å²) in [5, 5.41) is 5.01. The second-order valence-corrected chi connectivity index (χ2v) is 8.25. The monoisotopic (exact) mass is 325 g/mol. The number of hydrogen-bond acceptors (Lipinski definition) is 4. The average Bonchev–Trinajstić information content (AvgIpc) is 3.04. The number of hydrogen-bond donors (Lipinski definition) is 2. The van der Waals surface area contributed by atoms with Crippen molar-refractivity contribution in [3.05, 3.63) is 34.9 Å². The minimum Gasteiger partial charge on any atom is -0.330 e. The molecule has 2 fully saturated rings. The van der Waals surface area contributed by atoms with E-state index in [-0.39, 0.29) is 5.41 Å². The van der Waals surface area contributed by atoms with Crippen molar-refractivity contribution in [2.24, 2.45) is 11.1 Å². The van der Waals surface area contributed by atoms with Crippen LogP contribution in [0, 0.1) is 5.41 Å². The Bertz CT molecular complexity index is 512. The van der Waals surface area contributed by atoms with Gasteiger partial charge in [-0.05, 0) is 36.9 Å². The van der Waals surface area contributed by atoms with Gasteiger partial charge in [-0.3, -0.25) is 10.2 Å². The molecule has 2 saturated heterocycles. The highest BCUT2D eigenvalue weighted by molar-refractivity contribution is 8.00. The molecule has 0 radical (unpaired) electrons. The van der Waals surface area contributed by atoms with Crippen LogP contribution in [0.1, 0.15) is 31.1 Å². The van der Waals surface area contributed by atoms with Crippen molar-refractivity contribution in [1.82, 2.24) is 10.2 Å². The maximum absolute atomic E-state index is 6.37. The molecule has 0 aliphatic carbocycles. The molecule has 0 amide bonds. The molecular formula is C16H24ClN3S. The Balaban J connectivity index is 1.71. The van der Waals surface area contributed by atoms with E-state index in [1.54, 1.807) is 0 Å². The molecule has 0 saturated carbocycles. The van der Waals surface area contributed by atoms with Gasteiger partial charge in [0.1, 0.15) is 5.50 Å². The zero-order chi connectivity index (χ0) is 15.0. The van der Waals surface area contributed by atoms with E-state index in [1.807, 2.05) is 23.9 Å². The van der Waals surface area contributed by atoms with Crippen LogP contribution in [0.4, 0.5) is 0 Å². The summed E-state index contributed by atoms with van der Waals surface area (Å²) >= 11 is 8.36. The summed E-state index contributed by atoms with van der Waals surface area (Å²) < 4.78 is 0. The smallest absolute Gasteiger partial charge is 0.109 e. The van der Waals surface area contributed by atoms with Crippen molar-refractivity contribution in [1.29, 1.82) is 0 Å². The lowest BCUT2D eigenvalue weighted by molar-refractivity contribution is 0.240. The molecule has 21 heavy (non-hydrogen) atoms. The highest BCUT2D eigenvalue weighted by atomic mass is 35.5. The van der Waals surface area contributed by atoms with Crippen LogP contribution in [0.25, 0.3) is 0 Å². The van der Waals surface area contributed by atoms with Crippen LogP contribution in [0.3, 0.4) is 0 Å². The van der Waals surface area contributed by atoms with E-state index < -0.39 is 0 Å².